The summed E-state index contributed by atoms with van der Waals surface area (Å²) >= 11 is 3.40. The molecule has 0 radical (unpaired) electrons. The third kappa shape index (κ3) is 7.12. The highest BCUT2D eigenvalue weighted by Crippen LogP contribution is 2.27. The van der Waals surface area contributed by atoms with Gasteiger partial charge in [-0.2, -0.15) is 0 Å². The van der Waals surface area contributed by atoms with E-state index in [1.165, 1.54) is 44.9 Å². The van der Waals surface area contributed by atoms with E-state index in [1.807, 2.05) is 19.1 Å². The fourth-order valence-electron chi connectivity index (χ4n) is 2.45. The van der Waals surface area contributed by atoms with E-state index < -0.39 is 0 Å². The molecule has 1 aromatic carbocycles. The monoisotopic (exact) mass is 354 g/mol. The second-order valence-electron chi connectivity index (χ2n) is 5.58. The van der Waals surface area contributed by atoms with E-state index in [0.717, 1.165) is 28.5 Å². The van der Waals surface area contributed by atoms with Crippen molar-refractivity contribution in [3.8, 4) is 5.75 Å². The Morgan fingerprint density at radius 3 is 2.29 bits per heavy atom. The quantitative estimate of drug-likeness (QED) is 0.355. The van der Waals surface area contributed by atoms with Crippen molar-refractivity contribution in [1.29, 1.82) is 0 Å². The first kappa shape index (κ1) is 18.2. The lowest BCUT2D eigenvalue weighted by atomic mass is 10.1. The van der Waals surface area contributed by atoms with Gasteiger partial charge in [-0.15, -0.1) is 0 Å². The summed E-state index contributed by atoms with van der Waals surface area (Å²) in [7, 11) is 0. The first-order chi connectivity index (χ1) is 10.2. The molecule has 21 heavy (non-hydrogen) atoms. The molecule has 0 aromatic heterocycles. The molecule has 1 rings (SSSR count). The summed E-state index contributed by atoms with van der Waals surface area (Å²) < 4.78 is 6.72. The fourth-order valence-corrected chi connectivity index (χ4v) is 3.04. The third-order valence-corrected chi connectivity index (χ3v) is 4.10. The number of hydrogen-bond donors (Lipinski definition) is 0. The molecule has 0 aliphatic heterocycles. The summed E-state index contributed by atoms with van der Waals surface area (Å²) in [6.07, 6.45) is 11.1. The van der Waals surface area contributed by atoms with E-state index in [4.69, 9.17) is 4.74 Å². The smallest absolute Gasteiger partial charge is 0.153 e. The van der Waals surface area contributed by atoms with Crippen LogP contribution in [0.4, 0.5) is 0 Å². The molecule has 0 aliphatic rings. The number of aryl methyl sites for hydroxylation is 1. The number of unbranched alkanes of at least 4 members (excludes halogenated alkanes) is 7. The molecule has 0 saturated heterocycles. The van der Waals surface area contributed by atoms with Crippen LogP contribution >= 0.6 is 15.9 Å². The Labute approximate surface area is 137 Å². The molecule has 0 bridgehead atoms. The fraction of sp³-hybridized carbons (Fsp3) is 0.611. The van der Waals surface area contributed by atoms with Crippen LogP contribution < -0.4 is 4.74 Å². The molecule has 0 N–H and O–H groups in total. The molecule has 0 fully saturated rings. The van der Waals surface area contributed by atoms with Crippen LogP contribution in [0.2, 0.25) is 0 Å². The lowest BCUT2D eigenvalue weighted by molar-refractivity contribution is 0.111. The summed E-state index contributed by atoms with van der Waals surface area (Å²) in [6, 6.07) is 3.79. The Morgan fingerprint density at radius 1 is 1.05 bits per heavy atom. The van der Waals surface area contributed by atoms with Crippen molar-refractivity contribution in [2.45, 2.75) is 65.2 Å². The van der Waals surface area contributed by atoms with Gasteiger partial charge >= 0.3 is 0 Å². The lowest BCUT2D eigenvalue weighted by Crippen LogP contribution is -2.02. The number of hydrogen-bond acceptors (Lipinski definition) is 2. The van der Waals surface area contributed by atoms with Gasteiger partial charge in [0.05, 0.1) is 12.2 Å². The van der Waals surface area contributed by atoms with E-state index in [0.29, 0.717) is 12.2 Å². The predicted octanol–water partition coefficient (Wildman–Crippen LogP) is 6.09. The summed E-state index contributed by atoms with van der Waals surface area (Å²) in [4.78, 5) is 11.1. The van der Waals surface area contributed by atoms with Crippen molar-refractivity contribution >= 4 is 22.2 Å². The third-order valence-electron chi connectivity index (χ3n) is 3.64. The van der Waals surface area contributed by atoms with Gasteiger partial charge in [0.2, 0.25) is 0 Å². The van der Waals surface area contributed by atoms with Crippen LogP contribution in [0, 0.1) is 6.92 Å². The van der Waals surface area contributed by atoms with Crippen LogP contribution in [0.25, 0.3) is 0 Å². The van der Waals surface area contributed by atoms with Crippen LogP contribution in [0.3, 0.4) is 0 Å². The maximum atomic E-state index is 11.1. The number of ether oxygens (including phenoxy) is 1. The Hall–Kier alpha value is -0.830. The molecule has 0 atom stereocenters. The average molecular weight is 355 g/mol. The Bertz CT molecular complexity index is 429. The zero-order valence-corrected chi connectivity index (χ0v) is 14.9. The summed E-state index contributed by atoms with van der Waals surface area (Å²) in [5, 5.41) is 0. The molecule has 1 aromatic rings. The predicted molar refractivity (Wildman–Crippen MR) is 92.4 cm³/mol. The number of benzene rings is 1. The Balaban J connectivity index is 2.23. The van der Waals surface area contributed by atoms with Crippen LogP contribution in [0.1, 0.15) is 74.2 Å². The number of aldehydes is 1. The molecule has 0 aliphatic carbocycles. The Morgan fingerprint density at radius 2 is 1.67 bits per heavy atom. The van der Waals surface area contributed by atoms with Gasteiger partial charge in [-0.1, -0.05) is 67.8 Å². The minimum atomic E-state index is 0.626. The molecular formula is C18H27BrO2. The van der Waals surface area contributed by atoms with E-state index in [9.17, 15) is 4.79 Å². The molecule has 2 nitrogen and oxygen atoms in total. The maximum absolute atomic E-state index is 11.1. The molecule has 118 valence electrons. The van der Waals surface area contributed by atoms with Crippen molar-refractivity contribution in [1.82, 2.24) is 0 Å². The number of rotatable bonds is 11. The van der Waals surface area contributed by atoms with Crippen LogP contribution in [-0.4, -0.2) is 12.9 Å². The second kappa shape index (κ2) is 10.8. The van der Waals surface area contributed by atoms with Gasteiger partial charge in [-0.05, 0) is 31.0 Å². The second-order valence-corrected chi connectivity index (χ2v) is 6.50. The molecule has 0 unspecified atom stereocenters. The number of carbonyl (C=O) groups excluding carboxylic acids is 1. The van der Waals surface area contributed by atoms with Crippen molar-refractivity contribution in [3.05, 3.63) is 27.7 Å². The van der Waals surface area contributed by atoms with Gasteiger partial charge in [0.1, 0.15) is 5.75 Å². The van der Waals surface area contributed by atoms with Crippen molar-refractivity contribution < 1.29 is 9.53 Å². The molecule has 0 spiro atoms. The normalized spacial score (nSPS) is 10.6. The first-order valence-corrected chi connectivity index (χ1v) is 8.86. The van der Waals surface area contributed by atoms with Crippen LogP contribution in [-0.2, 0) is 0 Å². The minimum absolute atomic E-state index is 0.626. The first-order valence-electron chi connectivity index (χ1n) is 8.07. The summed E-state index contributed by atoms with van der Waals surface area (Å²) in [6.45, 7) is 4.91. The highest BCUT2D eigenvalue weighted by Gasteiger charge is 2.08. The van der Waals surface area contributed by atoms with Crippen molar-refractivity contribution in [2.24, 2.45) is 0 Å². The molecule has 0 amide bonds. The van der Waals surface area contributed by atoms with Crippen molar-refractivity contribution in [2.75, 3.05) is 6.61 Å². The van der Waals surface area contributed by atoms with E-state index in [1.54, 1.807) is 0 Å². The van der Waals surface area contributed by atoms with E-state index >= 15 is 0 Å². The lowest BCUT2D eigenvalue weighted by Gasteiger charge is -2.12. The van der Waals surface area contributed by atoms with Crippen molar-refractivity contribution in [3.63, 3.8) is 0 Å². The van der Waals surface area contributed by atoms with E-state index in [2.05, 4.69) is 22.9 Å². The zero-order chi connectivity index (χ0) is 15.5. The number of halogens is 1. The zero-order valence-electron chi connectivity index (χ0n) is 13.3. The van der Waals surface area contributed by atoms with Gasteiger partial charge in [0, 0.05) is 4.47 Å². The largest absolute Gasteiger partial charge is 0.493 e. The van der Waals surface area contributed by atoms with Crippen LogP contribution in [0.15, 0.2) is 16.6 Å². The molecule has 0 heterocycles. The molecule has 0 saturated carbocycles. The maximum Gasteiger partial charge on any atom is 0.153 e. The van der Waals surface area contributed by atoms with Gasteiger partial charge in [-0.3, -0.25) is 4.79 Å². The summed E-state index contributed by atoms with van der Waals surface area (Å²) in [5.41, 5.74) is 1.63. The average Bonchev–Trinajstić information content (AvgIpc) is 2.46. The SMILES string of the molecule is CCCCCCCCCCOc1c(C)cc(Br)cc1C=O. The summed E-state index contributed by atoms with van der Waals surface area (Å²) in [5.74, 6) is 0.733. The van der Waals surface area contributed by atoms with Gasteiger partial charge < -0.3 is 4.74 Å². The standard InChI is InChI=1S/C18H27BrO2/c1-3-4-5-6-7-8-9-10-11-21-18-15(2)12-17(19)13-16(18)14-20/h12-14H,3-11H2,1-2H3. The minimum Gasteiger partial charge on any atom is -0.493 e. The van der Waals surface area contributed by atoms with Gasteiger partial charge in [-0.25, -0.2) is 0 Å². The van der Waals surface area contributed by atoms with E-state index in [-0.39, 0.29) is 0 Å². The van der Waals surface area contributed by atoms with Crippen LogP contribution in [0.5, 0.6) is 5.75 Å². The topological polar surface area (TPSA) is 26.3 Å². The molecule has 3 heteroatoms. The molecular weight excluding hydrogens is 328 g/mol. The van der Waals surface area contributed by atoms with Gasteiger partial charge in [0.15, 0.2) is 6.29 Å². The Kier molecular flexibility index (Phi) is 9.40. The van der Waals surface area contributed by atoms with Gasteiger partial charge in [0.25, 0.3) is 0 Å². The highest BCUT2D eigenvalue weighted by atomic mass is 79.9. The highest BCUT2D eigenvalue weighted by molar-refractivity contribution is 9.10. The number of carbonyl (C=O) groups is 1.